The Morgan fingerprint density at radius 1 is 1.14 bits per heavy atom. The molecule has 0 spiro atoms. The molecular formula is C26H32N8O2S. The molecule has 0 saturated carbocycles. The van der Waals surface area contributed by atoms with Gasteiger partial charge in [0.15, 0.2) is 5.66 Å². The minimum atomic E-state index is -0.988. The molecule has 3 aromatic rings. The van der Waals surface area contributed by atoms with E-state index in [-0.39, 0.29) is 18.4 Å². The van der Waals surface area contributed by atoms with Crippen LogP contribution in [0, 0.1) is 0 Å². The van der Waals surface area contributed by atoms with E-state index >= 15 is 0 Å². The van der Waals surface area contributed by atoms with Crippen LogP contribution >= 0.6 is 11.3 Å². The van der Waals surface area contributed by atoms with Crippen molar-refractivity contribution in [3.05, 3.63) is 71.9 Å². The van der Waals surface area contributed by atoms with Crippen LogP contribution in [0.5, 0.6) is 0 Å². The van der Waals surface area contributed by atoms with Gasteiger partial charge < -0.3 is 20.0 Å². The molecule has 0 saturated heterocycles. The van der Waals surface area contributed by atoms with E-state index in [4.69, 9.17) is 0 Å². The van der Waals surface area contributed by atoms with Gasteiger partial charge in [-0.2, -0.15) is 5.21 Å². The molecule has 37 heavy (non-hydrogen) atoms. The number of amides is 2. The van der Waals surface area contributed by atoms with E-state index in [9.17, 15) is 9.59 Å². The Morgan fingerprint density at radius 3 is 2.54 bits per heavy atom. The normalized spacial score (nSPS) is 14.0. The molecule has 0 aliphatic carbocycles. The Labute approximate surface area is 220 Å². The molecule has 4 rings (SSSR count). The summed E-state index contributed by atoms with van der Waals surface area (Å²) in [4.78, 5) is 31.8. The molecule has 2 N–H and O–H groups in total. The number of H-pyrrole nitrogens is 1. The van der Waals surface area contributed by atoms with Crippen molar-refractivity contribution >= 4 is 28.8 Å². The molecule has 2 aromatic heterocycles. The number of aromatic amines is 1. The van der Waals surface area contributed by atoms with Gasteiger partial charge in [-0.05, 0) is 40.8 Å². The van der Waals surface area contributed by atoms with Gasteiger partial charge in [0.05, 0.1) is 10.6 Å². The van der Waals surface area contributed by atoms with Gasteiger partial charge in [0.1, 0.15) is 6.54 Å². The van der Waals surface area contributed by atoms with E-state index in [1.54, 1.807) is 19.0 Å². The number of unbranched alkanes of at least 4 members (excludes halogenated alkanes) is 1. The smallest absolute Gasteiger partial charge is 0.241 e. The molecule has 0 fully saturated rings. The van der Waals surface area contributed by atoms with E-state index < -0.39 is 5.66 Å². The van der Waals surface area contributed by atoms with Gasteiger partial charge >= 0.3 is 0 Å². The number of hydrogen-bond acceptors (Lipinski definition) is 8. The number of tetrazole rings is 1. The molecular weight excluding hydrogens is 488 g/mol. The number of anilines is 1. The fraction of sp³-hybridized carbons (Fsp3) is 0.346. The van der Waals surface area contributed by atoms with Crippen LogP contribution in [0.25, 0.3) is 10.7 Å². The lowest BCUT2D eigenvalue weighted by Crippen LogP contribution is -2.59. The summed E-state index contributed by atoms with van der Waals surface area (Å²) in [5.74, 6) is 0.410. The zero-order chi connectivity index (χ0) is 26.3. The number of aromatic nitrogens is 4. The third kappa shape index (κ3) is 6.23. The highest BCUT2D eigenvalue weighted by atomic mass is 32.1. The molecule has 1 aliphatic rings. The van der Waals surface area contributed by atoms with Gasteiger partial charge in [-0.1, -0.05) is 43.7 Å². The van der Waals surface area contributed by atoms with Crippen molar-refractivity contribution in [2.75, 3.05) is 25.5 Å². The van der Waals surface area contributed by atoms with Crippen LogP contribution in [0.1, 0.15) is 31.7 Å². The predicted octanol–water partition coefficient (Wildman–Crippen LogP) is 3.37. The van der Waals surface area contributed by atoms with Crippen molar-refractivity contribution in [1.82, 2.24) is 35.7 Å². The van der Waals surface area contributed by atoms with Crippen molar-refractivity contribution in [1.29, 1.82) is 0 Å². The maximum atomic E-state index is 13.1. The molecule has 2 amide bonds. The van der Waals surface area contributed by atoms with Crippen molar-refractivity contribution in [2.45, 2.75) is 38.4 Å². The lowest BCUT2D eigenvalue weighted by atomic mass is 10.0. The molecule has 1 aliphatic heterocycles. The maximum absolute atomic E-state index is 13.1. The molecule has 0 unspecified atom stereocenters. The van der Waals surface area contributed by atoms with Crippen molar-refractivity contribution in [3.8, 4) is 10.7 Å². The lowest BCUT2D eigenvalue weighted by molar-refractivity contribution is -0.129. The highest BCUT2D eigenvalue weighted by molar-refractivity contribution is 7.14. The van der Waals surface area contributed by atoms with Gasteiger partial charge in [0.25, 0.3) is 0 Å². The number of nitrogens with zero attached hydrogens (tertiary/aromatic N) is 6. The fourth-order valence-corrected chi connectivity index (χ4v) is 4.83. The van der Waals surface area contributed by atoms with E-state index in [1.165, 1.54) is 11.3 Å². The first-order chi connectivity index (χ1) is 17.9. The molecule has 0 bridgehead atoms. The van der Waals surface area contributed by atoms with Crippen LogP contribution in [0.15, 0.2) is 66.3 Å². The molecule has 1 aromatic carbocycles. The topological polar surface area (TPSA) is 110 Å². The van der Waals surface area contributed by atoms with Gasteiger partial charge in [0, 0.05) is 39.5 Å². The monoisotopic (exact) mass is 520 g/mol. The number of thiophene rings is 1. The Balaban J connectivity index is 1.77. The number of hydrogen-bond donors (Lipinski definition) is 2. The zero-order valence-corrected chi connectivity index (χ0v) is 22.1. The number of nitrogens with one attached hydrogen (secondary N) is 2. The number of carbonyl (C=O) groups excluding carboxylic acids is 2. The van der Waals surface area contributed by atoms with E-state index in [0.717, 1.165) is 29.0 Å². The summed E-state index contributed by atoms with van der Waals surface area (Å²) in [6.07, 6.45) is 9.70. The van der Waals surface area contributed by atoms with E-state index in [0.29, 0.717) is 18.8 Å². The zero-order valence-electron chi connectivity index (χ0n) is 21.3. The second-order valence-electron chi connectivity index (χ2n) is 9.01. The molecule has 194 valence electrons. The summed E-state index contributed by atoms with van der Waals surface area (Å²) >= 11 is 1.51. The second-order valence-corrected chi connectivity index (χ2v) is 9.93. The van der Waals surface area contributed by atoms with Crippen LogP contribution in [-0.4, -0.2) is 68.5 Å². The Morgan fingerprint density at radius 2 is 1.89 bits per heavy atom. The summed E-state index contributed by atoms with van der Waals surface area (Å²) in [6, 6.07) is 12.1. The third-order valence-corrected chi connectivity index (χ3v) is 6.97. The predicted molar refractivity (Wildman–Crippen MR) is 144 cm³/mol. The summed E-state index contributed by atoms with van der Waals surface area (Å²) in [5.41, 5.74) is 0.942. The van der Waals surface area contributed by atoms with Crippen molar-refractivity contribution < 1.29 is 9.59 Å². The molecule has 11 heteroatoms. The number of carbonyl (C=O) groups is 2. The number of likely N-dealkylation sites (N-methyl/N-ethyl adjacent to an activating group) is 1. The largest absolute Gasteiger partial charge is 0.347 e. The third-order valence-electron chi connectivity index (χ3n) is 6.07. The Kier molecular flexibility index (Phi) is 8.34. The lowest BCUT2D eigenvalue weighted by Gasteiger charge is -2.44. The van der Waals surface area contributed by atoms with Crippen LogP contribution in [0.4, 0.5) is 5.69 Å². The summed E-state index contributed by atoms with van der Waals surface area (Å²) < 4.78 is 0. The van der Waals surface area contributed by atoms with Crippen molar-refractivity contribution in [2.24, 2.45) is 0 Å². The average Bonchev–Trinajstić information content (AvgIpc) is 3.60. The highest BCUT2D eigenvalue weighted by Gasteiger charge is 2.38. The minimum absolute atomic E-state index is 0.0212. The first kappa shape index (κ1) is 26.1. The Hall–Kier alpha value is -3.99. The highest BCUT2D eigenvalue weighted by Crippen LogP contribution is 2.39. The van der Waals surface area contributed by atoms with Crippen LogP contribution in [0.3, 0.4) is 0 Å². The number of benzene rings is 1. The molecule has 0 radical (unpaired) electrons. The van der Waals surface area contributed by atoms with E-state index in [2.05, 4.69) is 49.9 Å². The molecule has 3 heterocycles. The van der Waals surface area contributed by atoms with Crippen molar-refractivity contribution in [3.63, 3.8) is 0 Å². The average molecular weight is 521 g/mol. The first-order valence-electron chi connectivity index (χ1n) is 12.2. The van der Waals surface area contributed by atoms with Gasteiger partial charge in [-0.25, -0.2) is 0 Å². The standard InChI is InChI=1S/C26H32N8O2S/c1-4-5-11-22(35)27-26(13-15-33(16-14-26)19-23(36)32(2)3)34(18-20-9-7-6-8-10-20)21-12-17-37-24(21)25-28-30-31-29-25/h6-10,12-17H,4-5,11,18-19H2,1-3H3,(H,27,35)(H,28,29,30,31). The van der Waals surface area contributed by atoms with Crippen LogP contribution in [-0.2, 0) is 16.1 Å². The quantitative estimate of drug-likeness (QED) is 0.373. The van der Waals surface area contributed by atoms with E-state index in [1.807, 2.05) is 59.1 Å². The van der Waals surface area contributed by atoms with Gasteiger partial charge in [-0.3, -0.25) is 9.59 Å². The fourth-order valence-electron chi connectivity index (χ4n) is 4.00. The maximum Gasteiger partial charge on any atom is 0.241 e. The van der Waals surface area contributed by atoms with Gasteiger partial charge in [0.2, 0.25) is 17.6 Å². The molecule has 10 nitrogen and oxygen atoms in total. The van der Waals surface area contributed by atoms with Gasteiger partial charge in [-0.15, -0.1) is 21.5 Å². The second kappa shape index (κ2) is 11.8. The summed E-state index contributed by atoms with van der Waals surface area (Å²) in [7, 11) is 3.46. The number of rotatable bonds is 11. The first-order valence-corrected chi connectivity index (χ1v) is 13.1. The van der Waals surface area contributed by atoms with Crippen LogP contribution < -0.4 is 10.2 Å². The SMILES string of the molecule is CCCCC(=O)NC1(N(Cc2ccccc2)c2ccsc2-c2nn[nH]n2)C=CN(CC(=O)N(C)C)C=C1. The minimum Gasteiger partial charge on any atom is -0.347 e. The summed E-state index contributed by atoms with van der Waals surface area (Å²) in [5, 5.41) is 19.9. The Bertz CT molecular complexity index is 1220. The summed E-state index contributed by atoms with van der Waals surface area (Å²) in [6.45, 7) is 2.76. The molecule has 0 atom stereocenters. The van der Waals surface area contributed by atoms with Crippen LogP contribution in [0.2, 0.25) is 0 Å².